The lowest BCUT2D eigenvalue weighted by Gasteiger charge is -2.18. The van der Waals surface area contributed by atoms with E-state index in [-0.39, 0.29) is 18.1 Å². The van der Waals surface area contributed by atoms with E-state index < -0.39 is 11.9 Å². The molecule has 152 valence electrons. The van der Waals surface area contributed by atoms with Gasteiger partial charge in [-0.2, -0.15) is 0 Å². The fourth-order valence-corrected chi connectivity index (χ4v) is 2.70. The molecule has 0 bridgehead atoms. The first-order valence-electron chi connectivity index (χ1n) is 9.33. The molecule has 1 heterocycles. The molecule has 4 N–H and O–H groups in total. The third kappa shape index (κ3) is 6.43. The smallest absolute Gasteiger partial charge is 0.321 e. The maximum Gasteiger partial charge on any atom is 0.321 e. The van der Waals surface area contributed by atoms with Gasteiger partial charge in [0.15, 0.2) is 12.4 Å². The fourth-order valence-electron chi connectivity index (χ4n) is 2.70. The maximum atomic E-state index is 12.2. The second-order valence-corrected chi connectivity index (χ2v) is 6.71. The molecule has 0 aliphatic carbocycles. The molecule has 1 aromatic heterocycles. The average molecular weight is 390 g/mol. The van der Waals surface area contributed by atoms with Crippen molar-refractivity contribution in [2.75, 3.05) is 26.8 Å². The first-order chi connectivity index (χ1) is 13.4. The lowest BCUT2D eigenvalue weighted by Crippen LogP contribution is -3.12. The van der Waals surface area contributed by atoms with Crippen LogP contribution in [0.5, 0.6) is 0 Å². The van der Waals surface area contributed by atoms with Gasteiger partial charge in [-0.05, 0) is 25.5 Å². The van der Waals surface area contributed by atoms with Gasteiger partial charge in [0.05, 0.1) is 17.5 Å². The molecular formula is C19H28N5O4+. The molecule has 0 fully saturated rings. The quantitative estimate of drug-likeness (QED) is 0.464. The van der Waals surface area contributed by atoms with Crippen LogP contribution in [0.3, 0.4) is 0 Å². The lowest BCUT2D eigenvalue weighted by molar-refractivity contribution is -0.906. The van der Waals surface area contributed by atoms with Crippen LogP contribution in [0.4, 0.5) is 4.79 Å². The van der Waals surface area contributed by atoms with Gasteiger partial charge >= 0.3 is 6.03 Å². The molecule has 9 heteroatoms. The minimum atomic E-state index is -0.511. The molecular weight excluding hydrogens is 362 g/mol. The number of urea groups is 1. The van der Waals surface area contributed by atoms with Crippen molar-refractivity contribution in [3.8, 4) is 0 Å². The fraction of sp³-hybridized carbons (Fsp3) is 0.474. The summed E-state index contributed by atoms with van der Waals surface area (Å²) in [5, 5.41) is 5.54. The zero-order chi connectivity index (χ0) is 20.5. The summed E-state index contributed by atoms with van der Waals surface area (Å²) in [6.45, 7) is 5.13. The van der Waals surface area contributed by atoms with Crippen molar-refractivity contribution in [3.05, 3.63) is 40.4 Å². The van der Waals surface area contributed by atoms with E-state index in [0.717, 1.165) is 11.3 Å². The molecule has 1 unspecified atom stereocenters. The number of carbonyl (C=O) groups excluding carboxylic acids is 2. The first-order valence-corrected chi connectivity index (χ1v) is 9.33. The highest BCUT2D eigenvalue weighted by Crippen LogP contribution is 2.04. The van der Waals surface area contributed by atoms with Gasteiger partial charge in [-0.3, -0.25) is 14.9 Å². The Balaban J connectivity index is 2.06. The molecule has 2 aromatic rings. The van der Waals surface area contributed by atoms with Crippen LogP contribution < -0.4 is 21.1 Å². The number of benzene rings is 1. The standard InChI is InChI=1S/C19H27N5O4/c1-4-13(2)20-19(27)23-17(25)12-24(9-10-28-3)11-16-21-15-8-6-5-7-14(15)18(26)22-16/h5-8,13H,4,9-12H2,1-3H3,(H,21,22,26)(H2,20,23,25,27)/p+1/t13-/m0/s1. The number of hydrogen-bond donors (Lipinski definition) is 4. The molecule has 0 saturated carbocycles. The number of amides is 3. The number of rotatable bonds is 9. The van der Waals surface area contributed by atoms with Crippen LogP contribution in [0, 0.1) is 0 Å². The number of imide groups is 1. The van der Waals surface area contributed by atoms with E-state index in [2.05, 4.69) is 20.6 Å². The molecule has 3 amide bonds. The Morgan fingerprint density at radius 2 is 2.07 bits per heavy atom. The predicted octanol–water partition coefficient (Wildman–Crippen LogP) is -0.421. The van der Waals surface area contributed by atoms with Crippen LogP contribution in [-0.2, 0) is 16.1 Å². The number of quaternary nitrogens is 1. The Morgan fingerprint density at radius 1 is 1.32 bits per heavy atom. The Hall–Kier alpha value is -2.78. The van der Waals surface area contributed by atoms with Crippen LogP contribution in [0.25, 0.3) is 10.9 Å². The van der Waals surface area contributed by atoms with Gasteiger partial charge in [0, 0.05) is 13.2 Å². The van der Waals surface area contributed by atoms with Gasteiger partial charge in [0.1, 0.15) is 13.1 Å². The molecule has 0 aliphatic rings. The van der Waals surface area contributed by atoms with E-state index in [1.807, 2.05) is 19.9 Å². The average Bonchev–Trinajstić information content (AvgIpc) is 2.65. The predicted molar refractivity (Wildman–Crippen MR) is 105 cm³/mol. The number of hydrogen-bond acceptors (Lipinski definition) is 5. The van der Waals surface area contributed by atoms with Gasteiger partial charge in [-0.1, -0.05) is 19.1 Å². The Bertz CT molecular complexity index is 867. The van der Waals surface area contributed by atoms with Gasteiger partial charge in [-0.25, -0.2) is 9.78 Å². The Labute approximate surface area is 163 Å². The maximum absolute atomic E-state index is 12.2. The summed E-state index contributed by atoms with van der Waals surface area (Å²) in [6, 6.07) is 6.55. The van der Waals surface area contributed by atoms with E-state index >= 15 is 0 Å². The normalized spacial score (nSPS) is 13.1. The monoisotopic (exact) mass is 390 g/mol. The lowest BCUT2D eigenvalue weighted by atomic mass is 10.2. The summed E-state index contributed by atoms with van der Waals surface area (Å²) >= 11 is 0. The minimum absolute atomic E-state index is 0.0170. The zero-order valence-electron chi connectivity index (χ0n) is 16.5. The number of nitrogens with zero attached hydrogens (tertiary/aromatic N) is 1. The summed E-state index contributed by atoms with van der Waals surface area (Å²) in [6.07, 6.45) is 0.772. The third-order valence-corrected chi connectivity index (χ3v) is 4.39. The second kappa shape index (κ2) is 10.5. The van der Waals surface area contributed by atoms with Crippen molar-refractivity contribution in [1.82, 2.24) is 20.6 Å². The molecule has 2 atom stereocenters. The van der Waals surface area contributed by atoms with Gasteiger partial charge < -0.3 is 19.9 Å². The number of methoxy groups -OCH3 is 1. The summed E-state index contributed by atoms with van der Waals surface area (Å²) in [7, 11) is 1.58. The van der Waals surface area contributed by atoms with E-state index in [4.69, 9.17) is 4.74 Å². The summed E-state index contributed by atoms with van der Waals surface area (Å²) in [4.78, 5) is 44.4. The molecule has 0 saturated heterocycles. The number of aromatic amines is 1. The van der Waals surface area contributed by atoms with Crippen LogP contribution in [0.2, 0.25) is 0 Å². The van der Waals surface area contributed by atoms with Crippen LogP contribution in [0.15, 0.2) is 29.1 Å². The molecule has 1 aromatic carbocycles. The molecule has 0 aliphatic heterocycles. The number of ether oxygens (including phenoxy) is 1. The molecule has 0 radical (unpaired) electrons. The van der Waals surface area contributed by atoms with Crippen molar-refractivity contribution in [2.24, 2.45) is 0 Å². The van der Waals surface area contributed by atoms with Gasteiger partial charge in [-0.15, -0.1) is 0 Å². The van der Waals surface area contributed by atoms with Crippen LogP contribution in [-0.4, -0.2) is 54.8 Å². The number of aromatic nitrogens is 2. The molecule has 28 heavy (non-hydrogen) atoms. The van der Waals surface area contributed by atoms with E-state index in [0.29, 0.717) is 36.4 Å². The zero-order valence-corrected chi connectivity index (χ0v) is 16.5. The first kappa shape index (κ1) is 21.5. The SMILES string of the molecule is CC[C@H](C)NC(=O)NC(=O)C[NH+](CCOC)Cc1nc2ccccc2c(=O)[nH]1. The Morgan fingerprint density at radius 3 is 2.79 bits per heavy atom. The van der Waals surface area contributed by atoms with E-state index in [9.17, 15) is 14.4 Å². The number of para-hydroxylation sites is 1. The summed E-state index contributed by atoms with van der Waals surface area (Å²) < 4.78 is 5.11. The highest BCUT2D eigenvalue weighted by atomic mass is 16.5. The number of H-pyrrole nitrogens is 1. The van der Waals surface area contributed by atoms with Crippen LogP contribution >= 0.6 is 0 Å². The minimum Gasteiger partial charge on any atom is -0.379 e. The van der Waals surface area contributed by atoms with E-state index in [1.165, 1.54) is 0 Å². The van der Waals surface area contributed by atoms with E-state index in [1.54, 1.807) is 25.3 Å². The van der Waals surface area contributed by atoms with Crippen molar-refractivity contribution < 1.29 is 19.2 Å². The Kier molecular flexibility index (Phi) is 8.09. The highest BCUT2D eigenvalue weighted by Gasteiger charge is 2.19. The third-order valence-electron chi connectivity index (χ3n) is 4.39. The second-order valence-electron chi connectivity index (χ2n) is 6.71. The topological polar surface area (TPSA) is 118 Å². The van der Waals surface area contributed by atoms with Crippen molar-refractivity contribution in [2.45, 2.75) is 32.9 Å². The van der Waals surface area contributed by atoms with Gasteiger partial charge in [0.2, 0.25) is 0 Å². The molecule has 2 rings (SSSR count). The number of carbonyl (C=O) groups is 2. The largest absolute Gasteiger partial charge is 0.379 e. The van der Waals surface area contributed by atoms with Crippen molar-refractivity contribution >= 4 is 22.8 Å². The molecule has 0 spiro atoms. The number of nitrogens with one attached hydrogen (secondary N) is 4. The highest BCUT2D eigenvalue weighted by molar-refractivity contribution is 5.94. The van der Waals surface area contributed by atoms with Crippen LogP contribution in [0.1, 0.15) is 26.1 Å². The number of fused-ring (bicyclic) bond motifs is 1. The molecule has 9 nitrogen and oxygen atoms in total. The van der Waals surface area contributed by atoms with Crippen molar-refractivity contribution in [3.63, 3.8) is 0 Å². The van der Waals surface area contributed by atoms with Crippen molar-refractivity contribution in [1.29, 1.82) is 0 Å². The van der Waals surface area contributed by atoms with Gasteiger partial charge in [0.25, 0.3) is 11.5 Å². The summed E-state index contributed by atoms with van der Waals surface area (Å²) in [5.74, 6) is 0.0710. The summed E-state index contributed by atoms with van der Waals surface area (Å²) in [5.41, 5.74) is 0.383.